The van der Waals surface area contributed by atoms with Crippen molar-refractivity contribution in [3.63, 3.8) is 0 Å². The molecule has 17 nitrogen and oxygen atoms in total. The summed E-state index contributed by atoms with van der Waals surface area (Å²) in [6.07, 6.45) is -0.919. The number of non-ortho nitro benzene ring substituents is 1. The Bertz CT molecular complexity index is 1150. The van der Waals surface area contributed by atoms with Crippen LogP contribution >= 0.6 is 0 Å². The molecule has 0 aromatic heterocycles. The maximum atomic E-state index is 13.6. The largest absolute Gasteiger partial charge is 0.465 e. The lowest BCUT2D eigenvalue weighted by atomic mass is 10.2. The van der Waals surface area contributed by atoms with Crippen LogP contribution in [0.15, 0.2) is 23.1 Å². The van der Waals surface area contributed by atoms with E-state index in [9.17, 15) is 38.2 Å². The second-order valence-electron chi connectivity index (χ2n) is 9.29. The minimum Gasteiger partial charge on any atom is -0.465 e. The molecule has 0 saturated heterocycles. The van der Waals surface area contributed by atoms with Gasteiger partial charge in [0.05, 0.1) is 61.6 Å². The number of nitrogens with one attached hydrogen (secondary N) is 1. The summed E-state index contributed by atoms with van der Waals surface area (Å²) in [7, 11) is -3.35. The minimum absolute atomic E-state index is 0.0503. The van der Waals surface area contributed by atoms with Crippen molar-refractivity contribution in [2.75, 3.05) is 59.8 Å². The number of sulfonamides is 1. The minimum atomic E-state index is -4.86. The molecule has 41 heavy (non-hydrogen) atoms. The number of hydrogen-bond acceptors (Lipinski definition) is 13. The first-order valence-corrected chi connectivity index (χ1v) is 13.8. The average molecular weight is 609 g/mol. The van der Waals surface area contributed by atoms with Crippen LogP contribution in [0.2, 0.25) is 0 Å². The second kappa shape index (κ2) is 16.7. The predicted molar refractivity (Wildman–Crippen MR) is 142 cm³/mol. The fourth-order valence-corrected chi connectivity index (χ4v) is 4.73. The molecule has 0 aliphatic heterocycles. The maximum absolute atomic E-state index is 13.6. The molecule has 232 valence electrons. The third-order valence-corrected chi connectivity index (χ3v) is 6.71. The molecular weight excluding hydrogens is 572 g/mol. The topological polar surface area (TPSA) is 216 Å². The quantitative estimate of drug-likeness (QED) is 0.109. The number of carbonyl (C=O) groups excluding carboxylic acids is 2. The SMILES string of the molecule is CCOC(=O)CN(C[C@H](COCCOCCOC)NC(=O)OC(C)(C)C)S(=O)(=O)c1ccc([N+](=O)[O-])cc1[N+](=O)[O-]. The first kappa shape index (κ1) is 35.6. The number of methoxy groups -OCH3 is 1. The molecule has 0 bridgehead atoms. The first-order chi connectivity index (χ1) is 19.1. The van der Waals surface area contributed by atoms with Crippen molar-refractivity contribution >= 4 is 33.5 Å². The Balaban J connectivity index is 3.37. The highest BCUT2D eigenvalue weighted by molar-refractivity contribution is 7.89. The van der Waals surface area contributed by atoms with Crippen LogP contribution < -0.4 is 5.32 Å². The molecule has 0 unspecified atom stereocenters. The van der Waals surface area contributed by atoms with E-state index in [1.807, 2.05) is 0 Å². The van der Waals surface area contributed by atoms with Crippen molar-refractivity contribution < 1.29 is 51.5 Å². The zero-order valence-electron chi connectivity index (χ0n) is 23.5. The molecule has 18 heteroatoms. The van der Waals surface area contributed by atoms with E-state index in [1.54, 1.807) is 20.8 Å². The van der Waals surface area contributed by atoms with Crippen molar-refractivity contribution in [3.8, 4) is 0 Å². The number of carbonyl (C=O) groups is 2. The van der Waals surface area contributed by atoms with Crippen LogP contribution in [0, 0.1) is 20.2 Å². The van der Waals surface area contributed by atoms with Gasteiger partial charge in [-0.15, -0.1) is 0 Å². The van der Waals surface area contributed by atoms with E-state index >= 15 is 0 Å². The van der Waals surface area contributed by atoms with Gasteiger partial charge in [-0.05, 0) is 33.8 Å². The van der Waals surface area contributed by atoms with Gasteiger partial charge in [-0.3, -0.25) is 25.0 Å². The van der Waals surface area contributed by atoms with Crippen molar-refractivity contribution in [1.82, 2.24) is 9.62 Å². The lowest BCUT2D eigenvalue weighted by molar-refractivity contribution is -0.396. The van der Waals surface area contributed by atoms with Gasteiger partial charge < -0.3 is 29.0 Å². The van der Waals surface area contributed by atoms with Crippen molar-refractivity contribution in [3.05, 3.63) is 38.4 Å². The summed E-state index contributed by atoms with van der Waals surface area (Å²) >= 11 is 0. The van der Waals surface area contributed by atoms with Crippen LogP contribution in [0.3, 0.4) is 0 Å². The van der Waals surface area contributed by atoms with Gasteiger partial charge in [0.2, 0.25) is 0 Å². The standard InChI is InChI=1S/C23H36N4O13S/c1-6-39-21(28)15-25(41(34,35)20-8-7-18(26(30)31)13-19(20)27(32)33)14-17(24-22(29)40-23(2,3)4)16-38-12-11-37-10-9-36-5/h7-8,13,17H,6,9-12,14-16H2,1-5H3,(H,24,29)/t17-/m1/s1. The van der Waals surface area contributed by atoms with Gasteiger partial charge in [0.25, 0.3) is 21.4 Å². The van der Waals surface area contributed by atoms with Crippen LogP contribution in [-0.4, -0.2) is 106 Å². The average Bonchev–Trinajstić information content (AvgIpc) is 2.86. The molecule has 0 radical (unpaired) electrons. The number of ether oxygens (including phenoxy) is 5. The van der Waals surface area contributed by atoms with Crippen LogP contribution in [0.25, 0.3) is 0 Å². The Morgan fingerprint density at radius 2 is 1.68 bits per heavy atom. The van der Waals surface area contributed by atoms with Gasteiger partial charge in [0, 0.05) is 19.7 Å². The molecule has 0 aliphatic carbocycles. The number of alkyl carbamates (subject to hydrolysis) is 1. The van der Waals surface area contributed by atoms with Crippen molar-refractivity contribution in [2.45, 2.75) is 44.2 Å². The fourth-order valence-electron chi connectivity index (χ4n) is 3.17. The molecule has 0 saturated carbocycles. The number of nitrogens with zero attached hydrogens (tertiary/aromatic N) is 3. The van der Waals surface area contributed by atoms with E-state index in [0.717, 1.165) is 6.07 Å². The van der Waals surface area contributed by atoms with Crippen molar-refractivity contribution in [2.24, 2.45) is 0 Å². The molecule has 1 N–H and O–H groups in total. The van der Waals surface area contributed by atoms with E-state index in [2.05, 4.69) is 5.32 Å². The molecule has 0 aliphatic rings. The molecular formula is C23H36N4O13S. The van der Waals surface area contributed by atoms with Gasteiger partial charge in [-0.25, -0.2) is 13.2 Å². The summed E-state index contributed by atoms with van der Waals surface area (Å²) in [6, 6.07) is 0.864. The summed E-state index contributed by atoms with van der Waals surface area (Å²) in [5, 5.41) is 25.2. The lowest BCUT2D eigenvalue weighted by Crippen LogP contribution is -2.50. The van der Waals surface area contributed by atoms with Crippen LogP contribution in [0.4, 0.5) is 16.2 Å². The molecule has 1 amide bonds. The smallest absolute Gasteiger partial charge is 0.407 e. The Hall–Kier alpha value is -3.45. The summed E-state index contributed by atoms with van der Waals surface area (Å²) in [4.78, 5) is 44.7. The summed E-state index contributed by atoms with van der Waals surface area (Å²) in [6.45, 7) is 5.33. The summed E-state index contributed by atoms with van der Waals surface area (Å²) in [5.41, 5.74) is -2.69. The molecule has 1 aromatic rings. The molecule has 1 rings (SSSR count). The van der Waals surface area contributed by atoms with Crippen molar-refractivity contribution in [1.29, 1.82) is 0 Å². The zero-order valence-corrected chi connectivity index (χ0v) is 24.3. The molecule has 1 aromatic carbocycles. The van der Waals surface area contributed by atoms with E-state index in [4.69, 9.17) is 23.7 Å². The molecule has 0 fully saturated rings. The predicted octanol–water partition coefficient (Wildman–Crippen LogP) is 1.63. The van der Waals surface area contributed by atoms with Gasteiger partial charge in [0.1, 0.15) is 12.1 Å². The number of hydrogen-bond donors (Lipinski definition) is 1. The van der Waals surface area contributed by atoms with E-state index < -0.39 is 72.9 Å². The number of nitro groups is 2. The Morgan fingerprint density at radius 3 is 2.24 bits per heavy atom. The lowest BCUT2D eigenvalue weighted by Gasteiger charge is -2.28. The first-order valence-electron chi connectivity index (χ1n) is 12.3. The number of esters is 1. The zero-order chi connectivity index (χ0) is 31.2. The number of nitro benzene ring substituents is 2. The number of rotatable bonds is 18. The van der Waals surface area contributed by atoms with Gasteiger partial charge in [-0.2, -0.15) is 4.31 Å². The van der Waals surface area contributed by atoms with Gasteiger partial charge in [-0.1, -0.05) is 0 Å². The highest BCUT2D eigenvalue weighted by Crippen LogP contribution is 2.30. The third kappa shape index (κ3) is 12.7. The normalized spacial score (nSPS) is 12.5. The monoisotopic (exact) mass is 608 g/mol. The third-order valence-electron chi connectivity index (χ3n) is 4.85. The Morgan fingerprint density at radius 1 is 1.05 bits per heavy atom. The van der Waals surface area contributed by atoms with E-state index in [-0.39, 0.29) is 26.4 Å². The highest BCUT2D eigenvalue weighted by atomic mass is 32.2. The fraction of sp³-hybridized carbons (Fsp3) is 0.652. The second-order valence-corrected chi connectivity index (χ2v) is 11.2. The van der Waals surface area contributed by atoms with E-state index in [0.29, 0.717) is 29.7 Å². The summed E-state index contributed by atoms with van der Waals surface area (Å²) in [5.74, 6) is -0.982. The van der Waals surface area contributed by atoms with Crippen LogP contribution in [-0.2, 0) is 38.5 Å². The molecule has 0 heterocycles. The van der Waals surface area contributed by atoms with E-state index in [1.165, 1.54) is 14.0 Å². The number of benzene rings is 1. The van der Waals surface area contributed by atoms with Crippen LogP contribution in [0.5, 0.6) is 0 Å². The Kier molecular flexibility index (Phi) is 14.5. The van der Waals surface area contributed by atoms with Crippen LogP contribution in [0.1, 0.15) is 27.7 Å². The summed E-state index contributed by atoms with van der Waals surface area (Å²) < 4.78 is 53.6. The van der Waals surface area contributed by atoms with Gasteiger partial charge in [0.15, 0.2) is 4.90 Å². The van der Waals surface area contributed by atoms with Gasteiger partial charge >= 0.3 is 12.1 Å². The number of amides is 1. The Labute approximate surface area is 237 Å². The molecule has 1 atom stereocenters. The molecule has 0 spiro atoms. The maximum Gasteiger partial charge on any atom is 0.407 e. The highest BCUT2D eigenvalue weighted by Gasteiger charge is 2.36.